The number of ether oxygens (including phenoxy) is 3. The van der Waals surface area contributed by atoms with Gasteiger partial charge in [-0.2, -0.15) is 0 Å². The molecule has 1 heterocycles. The minimum absolute atomic E-state index is 0.0414. The highest BCUT2D eigenvalue weighted by atomic mass is 35.5. The molecule has 2 aliphatic rings. The first kappa shape index (κ1) is 20.7. The number of allylic oxidation sites excluding steroid dienone is 1. The van der Waals surface area contributed by atoms with E-state index in [4.69, 9.17) is 25.8 Å². The fourth-order valence-electron chi connectivity index (χ4n) is 3.26. The molecule has 29 heavy (non-hydrogen) atoms. The zero-order valence-electron chi connectivity index (χ0n) is 16.0. The summed E-state index contributed by atoms with van der Waals surface area (Å²) in [5, 5.41) is -0.123. The minimum atomic E-state index is -1.55. The van der Waals surface area contributed by atoms with Crippen LogP contribution in [-0.4, -0.2) is 43.2 Å². The summed E-state index contributed by atoms with van der Waals surface area (Å²) in [5.41, 5.74) is 2.93. The van der Waals surface area contributed by atoms with Gasteiger partial charge in [0.15, 0.2) is 17.3 Å². The number of amides is 2. The van der Waals surface area contributed by atoms with Crippen molar-refractivity contribution in [3.05, 3.63) is 34.1 Å². The number of halogens is 1. The normalized spacial score (nSPS) is 19.9. The molecule has 1 aromatic rings. The Morgan fingerprint density at radius 2 is 1.97 bits per heavy atom. The Morgan fingerprint density at radius 1 is 1.24 bits per heavy atom. The third kappa shape index (κ3) is 3.31. The predicted molar refractivity (Wildman–Crippen MR) is 101 cm³/mol. The fraction of sp³-hybridized carbons (Fsp3) is 0.368. The molecule has 1 atom stereocenters. The highest BCUT2D eigenvalue weighted by Gasteiger charge is 2.56. The van der Waals surface area contributed by atoms with Crippen LogP contribution in [0.2, 0.25) is 5.02 Å². The van der Waals surface area contributed by atoms with Crippen LogP contribution in [0.15, 0.2) is 17.9 Å². The van der Waals surface area contributed by atoms with Gasteiger partial charge >= 0.3 is 0 Å². The number of Topliss-reactive ketones (excluding diaryl/α,β-unsaturated/α-hetero) is 1. The Labute approximate surface area is 171 Å². The van der Waals surface area contributed by atoms with Crippen molar-refractivity contribution in [2.75, 3.05) is 14.2 Å². The van der Waals surface area contributed by atoms with E-state index in [2.05, 4.69) is 10.9 Å². The van der Waals surface area contributed by atoms with Crippen molar-refractivity contribution in [1.29, 1.82) is 0 Å². The van der Waals surface area contributed by atoms with Gasteiger partial charge in [0.1, 0.15) is 11.3 Å². The lowest BCUT2D eigenvalue weighted by Gasteiger charge is -2.31. The molecule has 10 heteroatoms. The number of carbonyl (C=O) groups is 4. The summed E-state index contributed by atoms with van der Waals surface area (Å²) >= 11 is 6.38. The van der Waals surface area contributed by atoms with Crippen molar-refractivity contribution in [3.63, 3.8) is 0 Å². The maximum Gasteiger partial charge on any atom is 0.271 e. The van der Waals surface area contributed by atoms with Crippen molar-refractivity contribution >= 4 is 35.0 Å². The molecule has 0 aromatic heterocycles. The lowest BCUT2D eigenvalue weighted by molar-refractivity contribution is -0.121. The molecule has 1 aliphatic carbocycles. The quantitative estimate of drug-likeness (QED) is 0.709. The number of methoxy groups -OCH3 is 2. The van der Waals surface area contributed by atoms with Crippen LogP contribution in [0, 0.1) is 0 Å². The average Bonchev–Trinajstić information content (AvgIpc) is 3.02. The van der Waals surface area contributed by atoms with Gasteiger partial charge in [0.2, 0.25) is 17.3 Å². The first-order valence-corrected chi connectivity index (χ1v) is 9.19. The Bertz CT molecular complexity index is 956. The van der Waals surface area contributed by atoms with E-state index >= 15 is 0 Å². The highest BCUT2D eigenvalue weighted by Crippen LogP contribution is 2.51. The zero-order valence-corrected chi connectivity index (χ0v) is 16.8. The van der Waals surface area contributed by atoms with Gasteiger partial charge in [0, 0.05) is 25.3 Å². The number of ketones is 2. The van der Waals surface area contributed by atoms with Gasteiger partial charge in [-0.1, -0.05) is 18.5 Å². The number of carbonyl (C=O) groups excluding carboxylic acids is 4. The summed E-state index contributed by atoms with van der Waals surface area (Å²) in [6, 6.07) is 1.29. The van der Waals surface area contributed by atoms with Gasteiger partial charge in [0.25, 0.3) is 5.91 Å². The van der Waals surface area contributed by atoms with Crippen molar-refractivity contribution in [3.8, 4) is 11.5 Å². The summed E-state index contributed by atoms with van der Waals surface area (Å²) in [4.78, 5) is 48.9. The summed E-state index contributed by atoms with van der Waals surface area (Å²) < 4.78 is 16.5. The van der Waals surface area contributed by atoms with Crippen molar-refractivity contribution in [2.45, 2.75) is 31.8 Å². The average molecular weight is 423 g/mol. The van der Waals surface area contributed by atoms with Crippen LogP contribution in [0.5, 0.6) is 11.5 Å². The topological polar surface area (TPSA) is 120 Å². The second-order valence-corrected chi connectivity index (χ2v) is 6.82. The van der Waals surface area contributed by atoms with E-state index in [9.17, 15) is 19.2 Å². The lowest BCUT2D eigenvalue weighted by Crippen LogP contribution is -2.45. The monoisotopic (exact) mass is 422 g/mol. The molecule has 2 N–H and O–H groups in total. The number of nitrogens with one attached hydrogen (secondary N) is 2. The standard InChI is InChI=1S/C19H19ClN2O7/c1-4-13(24)21-22-18(26)10-8-11(27-2)14-16(15(10)20)29-19(17(14)25)6-5-9(23)7-12(19)28-3/h7-8H,4-6H2,1-3H3,(H,21,24)(H,22,26)/t19-/m0/s1. The first-order chi connectivity index (χ1) is 13.8. The SMILES string of the molecule is CCC(=O)NNC(=O)c1cc(OC)c2c(c1Cl)O[C@]1(CCC(=O)C=C1OC)C2=O. The molecule has 0 unspecified atom stereocenters. The van der Waals surface area contributed by atoms with Crippen molar-refractivity contribution in [1.82, 2.24) is 10.9 Å². The third-order valence-electron chi connectivity index (χ3n) is 4.79. The molecule has 154 valence electrons. The van der Waals surface area contributed by atoms with E-state index < -0.39 is 23.2 Å². The Balaban J connectivity index is 2.06. The van der Waals surface area contributed by atoms with Crippen molar-refractivity contribution in [2.24, 2.45) is 0 Å². The number of rotatable bonds is 4. The fourth-order valence-corrected chi connectivity index (χ4v) is 3.53. The number of benzene rings is 1. The first-order valence-electron chi connectivity index (χ1n) is 8.81. The minimum Gasteiger partial charge on any atom is -0.496 e. The molecule has 1 aliphatic heterocycles. The molecule has 0 radical (unpaired) electrons. The molecule has 3 rings (SSSR count). The molecule has 2 amide bonds. The smallest absolute Gasteiger partial charge is 0.271 e. The molecule has 9 nitrogen and oxygen atoms in total. The summed E-state index contributed by atoms with van der Waals surface area (Å²) in [6.07, 6.45) is 1.55. The van der Waals surface area contributed by atoms with E-state index in [0.29, 0.717) is 0 Å². The number of hydrazine groups is 1. The van der Waals surface area contributed by atoms with Gasteiger partial charge in [-0.15, -0.1) is 0 Å². The van der Waals surface area contributed by atoms with Crippen LogP contribution in [0.3, 0.4) is 0 Å². The molecule has 1 spiro atoms. The summed E-state index contributed by atoms with van der Waals surface area (Å²) in [5.74, 6) is -1.67. The number of hydrogen-bond acceptors (Lipinski definition) is 7. The van der Waals surface area contributed by atoms with Gasteiger partial charge in [-0.3, -0.25) is 30.0 Å². The van der Waals surface area contributed by atoms with Gasteiger partial charge < -0.3 is 14.2 Å². The molecular formula is C19H19ClN2O7. The molecular weight excluding hydrogens is 404 g/mol. The van der Waals surface area contributed by atoms with Crippen molar-refractivity contribution < 1.29 is 33.4 Å². The van der Waals surface area contributed by atoms with Gasteiger partial charge in [0.05, 0.1) is 24.8 Å². The number of fused-ring (bicyclic) bond motifs is 1. The van der Waals surface area contributed by atoms with Crippen LogP contribution < -0.4 is 20.3 Å². The van der Waals surface area contributed by atoms with Crippen LogP contribution in [0.1, 0.15) is 46.9 Å². The highest BCUT2D eigenvalue weighted by molar-refractivity contribution is 6.37. The van der Waals surface area contributed by atoms with Gasteiger partial charge in [-0.25, -0.2) is 0 Å². The lowest BCUT2D eigenvalue weighted by atomic mass is 9.83. The van der Waals surface area contributed by atoms with E-state index in [-0.39, 0.29) is 58.5 Å². The summed E-state index contributed by atoms with van der Waals surface area (Å²) in [7, 11) is 2.67. The summed E-state index contributed by atoms with van der Waals surface area (Å²) in [6.45, 7) is 1.63. The van der Waals surface area contributed by atoms with E-state index in [1.54, 1.807) is 6.92 Å². The third-order valence-corrected chi connectivity index (χ3v) is 5.16. The predicted octanol–water partition coefficient (Wildman–Crippen LogP) is 1.73. The second-order valence-electron chi connectivity index (χ2n) is 6.44. The molecule has 0 bridgehead atoms. The molecule has 0 saturated carbocycles. The zero-order chi connectivity index (χ0) is 21.3. The number of hydrogen-bond donors (Lipinski definition) is 2. The van der Waals surface area contributed by atoms with Crippen LogP contribution in [0.25, 0.3) is 0 Å². The van der Waals surface area contributed by atoms with Crippen LogP contribution in [0.4, 0.5) is 0 Å². The Hall–Kier alpha value is -3.07. The van der Waals surface area contributed by atoms with E-state index in [0.717, 1.165) is 0 Å². The molecule has 1 aromatic carbocycles. The molecule has 0 saturated heterocycles. The van der Waals surface area contributed by atoms with E-state index in [1.165, 1.54) is 26.4 Å². The molecule has 0 fully saturated rings. The van der Waals surface area contributed by atoms with Crippen LogP contribution >= 0.6 is 11.6 Å². The Kier molecular flexibility index (Phi) is 5.52. The van der Waals surface area contributed by atoms with Crippen LogP contribution in [-0.2, 0) is 14.3 Å². The second kappa shape index (κ2) is 7.75. The maximum atomic E-state index is 13.3. The Morgan fingerprint density at radius 3 is 2.59 bits per heavy atom. The maximum absolute atomic E-state index is 13.3. The largest absolute Gasteiger partial charge is 0.496 e. The van der Waals surface area contributed by atoms with E-state index in [1.807, 2.05) is 0 Å². The van der Waals surface area contributed by atoms with Gasteiger partial charge in [-0.05, 0) is 6.07 Å².